The van der Waals surface area contributed by atoms with Gasteiger partial charge in [0.2, 0.25) is 0 Å². The first kappa shape index (κ1) is 11.5. The molecule has 1 aliphatic carbocycles. The van der Waals surface area contributed by atoms with Gasteiger partial charge in [-0.05, 0) is 50.7 Å². The van der Waals surface area contributed by atoms with Crippen LogP contribution in [0.5, 0.6) is 0 Å². The van der Waals surface area contributed by atoms with Crippen molar-refractivity contribution >= 4 is 11.7 Å². The Morgan fingerprint density at radius 3 is 3.11 bits per heavy atom. The molecule has 0 aromatic carbocycles. The molecule has 1 aliphatic heterocycles. The van der Waals surface area contributed by atoms with Crippen LogP contribution >= 0.6 is 0 Å². The average Bonchev–Trinajstić information content (AvgIpc) is 3.12. The predicted molar refractivity (Wildman–Crippen MR) is 70.6 cm³/mol. The van der Waals surface area contributed by atoms with Gasteiger partial charge >= 0.3 is 6.03 Å². The van der Waals surface area contributed by atoms with Crippen molar-refractivity contribution in [1.82, 2.24) is 9.88 Å². The normalized spacial score (nSPS) is 25.6. The summed E-state index contributed by atoms with van der Waals surface area (Å²) >= 11 is 0. The van der Waals surface area contributed by atoms with E-state index in [1.807, 2.05) is 24.8 Å². The number of carbonyl (C=O) groups excluding carboxylic acids is 1. The minimum Gasteiger partial charge on any atom is -0.321 e. The van der Waals surface area contributed by atoms with Crippen LogP contribution in [0.4, 0.5) is 10.5 Å². The zero-order chi connectivity index (χ0) is 12.7. The highest BCUT2D eigenvalue weighted by Crippen LogP contribution is 2.43. The SMILES string of the molecule is Cc1cc(NC(=O)N2CCCC3CC32)cnc1C. The van der Waals surface area contributed by atoms with E-state index in [0.717, 1.165) is 35.8 Å². The number of carbonyl (C=O) groups is 1. The third-order valence-electron chi connectivity index (χ3n) is 4.11. The number of nitrogens with one attached hydrogen (secondary N) is 1. The van der Waals surface area contributed by atoms with Crippen molar-refractivity contribution in [2.45, 2.75) is 39.2 Å². The third-order valence-corrected chi connectivity index (χ3v) is 4.11. The fourth-order valence-electron chi connectivity index (χ4n) is 2.77. The Morgan fingerprint density at radius 2 is 2.33 bits per heavy atom. The van der Waals surface area contributed by atoms with Crippen molar-refractivity contribution in [2.75, 3.05) is 11.9 Å². The molecule has 2 fully saturated rings. The van der Waals surface area contributed by atoms with Gasteiger partial charge in [-0.15, -0.1) is 0 Å². The molecule has 2 heterocycles. The van der Waals surface area contributed by atoms with E-state index in [2.05, 4.69) is 10.3 Å². The largest absolute Gasteiger partial charge is 0.322 e. The monoisotopic (exact) mass is 245 g/mol. The van der Waals surface area contributed by atoms with E-state index in [1.165, 1.54) is 12.8 Å². The van der Waals surface area contributed by atoms with Gasteiger partial charge in [0.25, 0.3) is 0 Å². The number of rotatable bonds is 1. The van der Waals surface area contributed by atoms with Crippen LogP contribution in [0.25, 0.3) is 0 Å². The van der Waals surface area contributed by atoms with Gasteiger partial charge in [-0.3, -0.25) is 4.98 Å². The number of nitrogens with zero attached hydrogens (tertiary/aromatic N) is 2. The predicted octanol–water partition coefficient (Wildman–Crippen LogP) is 2.71. The highest BCUT2D eigenvalue weighted by Gasteiger charge is 2.45. The Labute approximate surface area is 107 Å². The molecule has 1 saturated carbocycles. The summed E-state index contributed by atoms with van der Waals surface area (Å²) < 4.78 is 0. The number of aryl methyl sites for hydroxylation is 2. The second-order valence-electron chi connectivity index (χ2n) is 5.46. The van der Waals surface area contributed by atoms with Gasteiger partial charge in [-0.25, -0.2) is 4.79 Å². The van der Waals surface area contributed by atoms with E-state index in [9.17, 15) is 4.79 Å². The molecule has 2 unspecified atom stereocenters. The Balaban J connectivity index is 1.68. The van der Waals surface area contributed by atoms with Gasteiger partial charge in [0, 0.05) is 18.3 Å². The molecule has 0 spiro atoms. The van der Waals surface area contributed by atoms with Crippen molar-refractivity contribution < 1.29 is 4.79 Å². The Kier molecular flexibility index (Phi) is 2.73. The van der Waals surface area contributed by atoms with E-state index in [1.54, 1.807) is 6.20 Å². The summed E-state index contributed by atoms with van der Waals surface area (Å²) in [5.41, 5.74) is 2.91. The molecular weight excluding hydrogens is 226 g/mol. The van der Waals surface area contributed by atoms with Gasteiger partial charge in [-0.1, -0.05) is 0 Å². The quantitative estimate of drug-likeness (QED) is 0.826. The van der Waals surface area contributed by atoms with Crippen molar-refractivity contribution in [3.05, 3.63) is 23.5 Å². The number of urea groups is 1. The van der Waals surface area contributed by atoms with E-state index in [0.29, 0.717) is 6.04 Å². The van der Waals surface area contributed by atoms with Crippen molar-refractivity contribution in [1.29, 1.82) is 0 Å². The van der Waals surface area contributed by atoms with Gasteiger partial charge in [0.05, 0.1) is 11.9 Å². The number of pyridine rings is 1. The second kappa shape index (κ2) is 4.26. The standard InChI is InChI=1S/C14H19N3O/c1-9-6-12(8-15-10(9)2)16-14(18)17-5-3-4-11-7-13(11)17/h6,8,11,13H,3-5,7H2,1-2H3,(H,16,18). The molecule has 2 atom stereocenters. The van der Waals surface area contributed by atoms with E-state index in [-0.39, 0.29) is 6.03 Å². The summed E-state index contributed by atoms with van der Waals surface area (Å²) in [5, 5.41) is 2.96. The number of piperidine rings is 1. The van der Waals surface area contributed by atoms with Gasteiger partial charge < -0.3 is 10.2 Å². The van der Waals surface area contributed by atoms with Gasteiger partial charge in [0.1, 0.15) is 0 Å². The molecular formula is C14H19N3O. The van der Waals surface area contributed by atoms with E-state index >= 15 is 0 Å². The maximum atomic E-state index is 12.2. The van der Waals surface area contributed by atoms with Gasteiger partial charge in [-0.2, -0.15) is 0 Å². The highest BCUT2D eigenvalue weighted by molar-refractivity contribution is 5.89. The number of aromatic nitrogens is 1. The van der Waals surface area contributed by atoms with Crippen molar-refractivity contribution in [3.63, 3.8) is 0 Å². The number of likely N-dealkylation sites (tertiary alicyclic amines) is 1. The molecule has 96 valence electrons. The molecule has 3 rings (SSSR count). The lowest BCUT2D eigenvalue weighted by molar-refractivity contribution is 0.195. The third kappa shape index (κ3) is 2.07. The number of hydrogen-bond acceptors (Lipinski definition) is 2. The summed E-state index contributed by atoms with van der Waals surface area (Å²) in [5.74, 6) is 0.766. The number of hydrogen-bond donors (Lipinski definition) is 1. The van der Waals surface area contributed by atoms with Crippen LogP contribution in [0.1, 0.15) is 30.5 Å². The molecule has 1 aromatic rings. The number of anilines is 1. The maximum Gasteiger partial charge on any atom is 0.322 e. The van der Waals surface area contributed by atoms with Crippen LogP contribution in [0.15, 0.2) is 12.3 Å². The molecule has 2 aliphatic rings. The molecule has 1 N–H and O–H groups in total. The molecule has 4 heteroatoms. The first-order valence-electron chi connectivity index (χ1n) is 6.66. The smallest absolute Gasteiger partial charge is 0.321 e. The lowest BCUT2D eigenvalue weighted by Crippen LogP contribution is -2.40. The minimum atomic E-state index is 0.0345. The lowest BCUT2D eigenvalue weighted by Gasteiger charge is -2.26. The Morgan fingerprint density at radius 1 is 1.50 bits per heavy atom. The lowest BCUT2D eigenvalue weighted by atomic mass is 10.1. The summed E-state index contributed by atoms with van der Waals surface area (Å²) in [6, 6.07) is 2.51. The zero-order valence-corrected chi connectivity index (χ0v) is 10.9. The van der Waals surface area contributed by atoms with Crippen molar-refractivity contribution in [3.8, 4) is 0 Å². The maximum absolute atomic E-state index is 12.2. The van der Waals surface area contributed by atoms with E-state index < -0.39 is 0 Å². The van der Waals surface area contributed by atoms with Crippen LogP contribution in [0.2, 0.25) is 0 Å². The first-order valence-corrected chi connectivity index (χ1v) is 6.66. The summed E-state index contributed by atoms with van der Waals surface area (Å²) in [4.78, 5) is 18.5. The topological polar surface area (TPSA) is 45.2 Å². The molecule has 18 heavy (non-hydrogen) atoms. The Hall–Kier alpha value is -1.58. The van der Waals surface area contributed by atoms with Crippen LogP contribution in [0.3, 0.4) is 0 Å². The fraction of sp³-hybridized carbons (Fsp3) is 0.571. The van der Waals surface area contributed by atoms with Crippen LogP contribution in [0, 0.1) is 19.8 Å². The van der Waals surface area contributed by atoms with Crippen LogP contribution in [-0.2, 0) is 0 Å². The highest BCUT2D eigenvalue weighted by atomic mass is 16.2. The molecule has 4 nitrogen and oxygen atoms in total. The molecule has 1 saturated heterocycles. The molecule has 2 amide bonds. The fourth-order valence-corrected chi connectivity index (χ4v) is 2.77. The van der Waals surface area contributed by atoms with Crippen LogP contribution < -0.4 is 5.32 Å². The van der Waals surface area contributed by atoms with E-state index in [4.69, 9.17) is 0 Å². The summed E-state index contributed by atoms with van der Waals surface area (Å²) in [6.45, 7) is 4.88. The molecule has 0 bridgehead atoms. The Bertz CT molecular complexity index is 486. The zero-order valence-electron chi connectivity index (χ0n) is 10.9. The van der Waals surface area contributed by atoms with Crippen LogP contribution in [-0.4, -0.2) is 28.5 Å². The number of fused-ring (bicyclic) bond motifs is 1. The molecule has 0 radical (unpaired) electrons. The average molecular weight is 245 g/mol. The summed E-state index contributed by atoms with van der Waals surface area (Å²) in [6.07, 6.45) is 5.35. The molecule has 1 aromatic heterocycles. The first-order chi connectivity index (χ1) is 8.65. The second-order valence-corrected chi connectivity index (χ2v) is 5.46. The van der Waals surface area contributed by atoms with Gasteiger partial charge in [0.15, 0.2) is 0 Å². The minimum absolute atomic E-state index is 0.0345. The number of amides is 2. The van der Waals surface area contributed by atoms with Crippen molar-refractivity contribution in [2.24, 2.45) is 5.92 Å². The summed E-state index contributed by atoms with van der Waals surface area (Å²) in [7, 11) is 0.